The van der Waals surface area contributed by atoms with Crippen LogP contribution in [-0.2, 0) is 11.3 Å². The molecule has 0 aliphatic heterocycles. The third kappa shape index (κ3) is 4.76. The van der Waals surface area contributed by atoms with E-state index in [1.165, 1.54) is 16.4 Å². The fourth-order valence-corrected chi connectivity index (χ4v) is 2.56. The van der Waals surface area contributed by atoms with Crippen LogP contribution >= 0.6 is 35.0 Å². The topological polar surface area (TPSA) is 90.1 Å². The van der Waals surface area contributed by atoms with E-state index in [0.29, 0.717) is 33.3 Å². The molecule has 2 aromatic rings. The number of nitrogens with zero attached hydrogens (tertiary/aromatic N) is 4. The Bertz CT molecular complexity index is 638. The number of thioether (sulfide) groups is 1. The zero-order chi connectivity index (χ0) is 15.2. The van der Waals surface area contributed by atoms with E-state index in [-0.39, 0.29) is 6.54 Å². The summed E-state index contributed by atoms with van der Waals surface area (Å²) >= 11 is 13.1. The maximum Gasteiger partial charge on any atom is 0.325 e. The number of carbonyl (C=O) groups is 1. The highest BCUT2D eigenvalue weighted by Crippen LogP contribution is 2.27. The van der Waals surface area contributed by atoms with Crippen LogP contribution in [0.25, 0.3) is 0 Å². The van der Waals surface area contributed by atoms with Crippen LogP contribution in [0, 0.1) is 0 Å². The standard InChI is InChI=1S/C11H10Cl2N4O3S/c12-7-1-2-9(8(13)5-7)20-3-4-21-11-14-15-16-17(11)6-10(18)19/h1-2,5H,3-4,6H2,(H,18,19). The zero-order valence-corrected chi connectivity index (χ0v) is 12.9. The lowest BCUT2D eigenvalue weighted by atomic mass is 10.3. The highest BCUT2D eigenvalue weighted by molar-refractivity contribution is 7.99. The van der Waals surface area contributed by atoms with Gasteiger partial charge in [-0.15, -0.1) is 5.10 Å². The van der Waals surface area contributed by atoms with Gasteiger partial charge in [-0.25, -0.2) is 4.68 Å². The first kappa shape index (κ1) is 15.9. The third-order valence-corrected chi connectivity index (χ3v) is 3.70. The molecule has 0 bridgehead atoms. The second-order valence-electron chi connectivity index (χ2n) is 3.78. The number of hydrogen-bond acceptors (Lipinski definition) is 6. The molecular weight excluding hydrogens is 339 g/mol. The third-order valence-electron chi connectivity index (χ3n) is 2.25. The molecule has 0 radical (unpaired) electrons. The van der Waals surface area contributed by atoms with Crippen molar-refractivity contribution in [2.45, 2.75) is 11.7 Å². The molecule has 21 heavy (non-hydrogen) atoms. The second kappa shape index (κ2) is 7.48. The van der Waals surface area contributed by atoms with Gasteiger partial charge in [0.25, 0.3) is 0 Å². The first-order valence-electron chi connectivity index (χ1n) is 5.75. The Kier molecular flexibility index (Phi) is 5.66. The molecule has 1 aromatic carbocycles. The summed E-state index contributed by atoms with van der Waals surface area (Å²) in [7, 11) is 0. The van der Waals surface area contributed by atoms with Crippen LogP contribution in [0.2, 0.25) is 10.0 Å². The number of ether oxygens (including phenoxy) is 1. The van der Waals surface area contributed by atoms with Gasteiger partial charge in [0.2, 0.25) is 5.16 Å². The molecule has 10 heteroatoms. The lowest BCUT2D eigenvalue weighted by molar-refractivity contribution is -0.138. The molecule has 1 aromatic heterocycles. The van der Waals surface area contributed by atoms with Gasteiger partial charge in [-0.05, 0) is 28.6 Å². The van der Waals surface area contributed by atoms with Crippen molar-refractivity contribution in [3.05, 3.63) is 28.2 Å². The van der Waals surface area contributed by atoms with Crippen LogP contribution in [0.4, 0.5) is 0 Å². The fourth-order valence-electron chi connectivity index (χ4n) is 1.40. The number of tetrazole rings is 1. The van der Waals surface area contributed by atoms with Crippen molar-refractivity contribution in [3.63, 3.8) is 0 Å². The molecule has 112 valence electrons. The van der Waals surface area contributed by atoms with Gasteiger partial charge in [0, 0.05) is 10.8 Å². The van der Waals surface area contributed by atoms with Crippen molar-refractivity contribution >= 4 is 40.9 Å². The summed E-state index contributed by atoms with van der Waals surface area (Å²) in [5, 5.41) is 20.9. The first-order valence-corrected chi connectivity index (χ1v) is 7.49. The Morgan fingerprint density at radius 2 is 2.24 bits per heavy atom. The molecule has 0 saturated carbocycles. The molecule has 0 aliphatic rings. The van der Waals surface area contributed by atoms with Crippen molar-refractivity contribution in [1.82, 2.24) is 20.2 Å². The van der Waals surface area contributed by atoms with Crippen LogP contribution in [0.15, 0.2) is 23.4 Å². The zero-order valence-electron chi connectivity index (χ0n) is 10.6. The number of aliphatic carboxylic acids is 1. The molecule has 0 spiro atoms. The van der Waals surface area contributed by atoms with Crippen LogP contribution in [0.3, 0.4) is 0 Å². The van der Waals surface area contributed by atoms with Crippen LogP contribution in [0.1, 0.15) is 0 Å². The van der Waals surface area contributed by atoms with Crippen molar-refractivity contribution in [1.29, 1.82) is 0 Å². The molecule has 0 amide bonds. The summed E-state index contributed by atoms with van der Waals surface area (Å²) in [6.07, 6.45) is 0. The minimum atomic E-state index is -1.01. The average Bonchev–Trinajstić information content (AvgIpc) is 2.83. The molecule has 0 fully saturated rings. The Hall–Kier alpha value is -1.51. The maximum atomic E-state index is 10.6. The summed E-state index contributed by atoms with van der Waals surface area (Å²) in [5.74, 6) is 0.0685. The van der Waals surface area contributed by atoms with Gasteiger partial charge >= 0.3 is 5.97 Å². The molecule has 0 atom stereocenters. The van der Waals surface area contributed by atoms with Gasteiger partial charge in [0.15, 0.2) is 0 Å². The Morgan fingerprint density at radius 3 is 2.95 bits per heavy atom. The average molecular weight is 349 g/mol. The van der Waals surface area contributed by atoms with E-state index in [9.17, 15) is 4.79 Å². The second-order valence-corrected chi connectivity index (χ2v) is 5.69. The Morgan fingerprint density at radius 1 is 1.43 bits per heavy atom. The van der Waals surface area contributed by atoms with Crippen molar-refractivity contribution in [2.24, 2.45) is 0 Å². The minimum absolute atomic E-state index is 0.279. The maximum absolute atomic E-state index is 10.6. The van der Waals surface area contributed by atoms with E-state index in [0.717, 1.165) is 0 Å². The van der Waals surface area contributed by atoms with Gasteiger partial charge in [-0.2, -0.15) is 0 Å². The number of rotatable bonds is 7. The van der Waals surface area contributed by atoms with Gasteiger partial charge in [-0.1, -0.05) is 35.0 Å². The summed E-state index contributed by atoms with van der Waals surface area (Å²) in [6, 6.07) is 4.96. The molecular formula is C11H10Cl2N4O3S. The SMILES string of the molecule is O=C(O)Cn1nnnc1SCCOc1ccc(Cl)cc1Cl. The van der Waals surface area contributed by atoms with E-state index in [4.69, 9.17) is 33.0 Å². The van der Waals surface area contributed by atoms with Crippen molar-refractivity contribution in [2.75, 3.05) is 12.4 Å². The molecule has 0 unspecified atom stereocenters. The quantitative estimate of drug-likeness (QED) is 0.605. The predicted octanol–water partition coefficient (Wildman–Crippen LogP) is 2.24. The highest BCUT2D eigenvalue weighted by Gasteiger charge is 2.10. The summed E-state index contributed by atoms with van der Waals surface area (Å²) in [6.45, 7) is 0.0884. The summed E-state index contributed by atoms with van der Waals surface area (Å²) in [5.41, 5.74) is 0. The van der Waals surface area contributed by atoms with Crippen LogP contribution in [0.5, 0.6) is 5.75 Å². The van der Waals surface area contributed by atoms with Gasteiger partial charge in [0.1, 0.15) is 12.3 Å². The normalized spacial score (nSPS) is 10.6. The number of carboxylic acid groups (broad SMARTS) is 1. The number of carboxylic acids is 1. The van der Waals surface area contributed by atoms with Crippen molar-refractivity contribution < 1.29 is 14.6 Å². The molecule has 2 rings (SSSR count). The predicted molar refractivity (Wildman–Crippen MR) is 78.1 cm³/mol. The number of aromatic nitrogens is 4. The monoisotopic (exact) mass is 348 g/mol. The largest absolute Gasteiger partial charge is 0.491 e. The van der Waals surface area contributed by atoms with Gasteiger partial charge < -0.3 is 9.84 Å². The number of halogens is 2. The lowest BCUT2D eigenvalue weighted by Gasteiger charge is -2.07. The van der Waals surface area contributed by atoms with E-state index >= 15 is 0 Å². The highest BCUT2D eigenvalue weighted by atomic mass is 35.5. The summed E-state index contributed by atoms with van der Waals surface area (Å²) in [4.78, 5) is 10.6. The Balaban J connectivity index is 1.82. The molecule has 1 N–H and O–H groups in total. The van der Waals surface area contributed by atoms with E-state index in [1.54, 1.807) is 18.2 Å². The number of benzene rings is 1. The Labute approximate surface area is 134 Å². The van der Waals surface area contributed by atoms with E-state index < -0.39 is 5.97 Å². The molecule has 0 aliphatic carbocycles. The number of hydrogen-bond donors (Lipinski definition) is 1. The smallest absolute Gasteiger partial charge is 0.325 e. The van der Waals surface area contributed by atoms with E-state index in [1.807, 2.05) is 0 Å². The van der Waals surface area contributed by atoms with E-state index in [2.05, 4.69) is 15.5 Å². The lowest BCUT2D eigenvalue weighted by Crippen LogP contribution is -2.12. The minimum Gasteiger partial charge on any atom is -0.491 e. The van der Waals surface area contributed by atoms with Gasteiger partial charge in [0.05, 0.1) is 11.6 Å². The fraction of sp³-hybridized carbons (Fsp3) is 0.273. The molecule has 1 heterocycles. The van der Waals surface area contributed by atoms with Crippen LogP contribution in [-0.4, -0.2) is 43.6 Å². The van der Waals surface area contributed by atoms with Crippen LogP contribution < -0.4 is 4.74 Å². The van der Waals surface area contributed by atoms with Gasteiger partial charge in [-0.3, -0.25) is 4.79 Å². The molecule has 0 saturated heterocycles. The first-order chi connectivity index (χ1) is 10.1. The summed E-state index contributed by atoms with van der Waals surface area (Å²) < 4.78 is 6.72. The van der Waals surface area contributed by atoms with Crippen molar-refractivity contribution in [3.8, 4) is 5.75 Å². The molecule has 7 nitrogen and oxygen atoms in total.